The molecule has 35 heavy (non-hydrogen) atoms. The molecule has 2 aromatic heterocycles. The number of furan rings is 1. The van der Waals surface area contributed by atoms with Crippen LogP contribution in [0.2, 0.25) is 0 Å². The normalized spacial score (nSPS) is 11.5. The van der Waals surface area contributed by atoms with Gasteiger partial charge in [-0.2, -0.15) is 0 Å². The number of ether oxygens (including phenoxy) is 1. The number of benzene rings is 1. The van der Waals surface area contributed by atoms with Gasteiger partial charge in [-0.15, -0.1) is 0 Å². The van der Waals surface area contributed by atoms with E-state index in [2.05, 4.69) is 15.6 Å². The van der Waals surface area contributed by atoms with Crippen molar-refractivity contribution >= 4 is 23.5 Å². The molecule has 0 saturated heterocycles. The number of carbonyl (C=O) groups is 3. The van der Waals surface area contributed by atoms with Gasteiger partial charge >= 0.3 is 0 Å². The van der Waals surface area contributed by atoms with E-state index in [1.54, 1.807) is 48.7 Å². The van der Waals surface area contributed by atoms with E-state index in [4.69, 9.17) is 9.15 Å². The van der Waals surface area contributed by atoms with Crippen molar-refractivity contribution in [2.24, 2.45) is 0 Å². The van der Waals surface area contributed by atoms with E-state index in [1.165, 1.54) is 30.4 Å². The lowest BCUT2D eigenvalue weighted by molar-refractivity contribution is -0.142. The zero-order valence-corrected chi connectivity index (χ0v) is 19.3. The van der Waals surface area contributed by atoms with Crippen LogP contribution in [0.4, 0.5) is 5.82 Å². The molecule has 0 unspecified atom stereocenters. The van der Waals surface area contributed by atoms with Crippen LogP contribution >= 0.6 is 0 Å². The molecular weight excluding hydrogens is 452 g/mol. The summed E-state index contributed by atoms with van der Waals surface area (Å²) in [7, 11) is 1.52. The van der Waals surface area contributed by atoms with Gasteiger partial charge in [0.2, 0.25) is 17.7 Å². The molecule has 0 aliphatic rings. The van der Waals surface area contributed by atoms with Crippen molar-refractivity contribution in [2.45, 2.75) is 25.4 Å². The molecule has 1 aromatic carbocycles. The Morgan fingerprint density at radius 1 is 1.09 bits per heavy atom. The second kappa shape index (κ2) is 12.9. The lowest BCUT2D eigenvalue weighted by Crippen LogP contribution is -2.44. The number of nitrogens with zero attached hydrogens (tertiary/aromatic N) is 2. The van der Waals surface area contributed by atoms with Crippen LogP contribution in [-0.2, 0) is 25.7 Å². The number of phenols is 1. The second-order valence-corrected chi connectivity index (χ2v) is 7.64. The molecule has 3 amide bonds. The first kappa shape index (κ1) is 25.4. The van der Waals surface area contributed by atoms with Gasteiger partial charge in [0.25, 0.3) is 0 Å². The summed E-state index contributed by atoms with van der Waals surface area (Å²) >= 11 is 0. The Balaban J connectivity index is 1.81. The minimum absolute atomic E-state index is 0.0108. The van der Waals surface area contributed by atoms with E-state index < -0.39 is 17.9 Å². The number of hydrogen-bond acceptors (Lipinski definition) is 7. The Morgan fingerprint density at radius 2 is 1.89 bits per heavy atom. The summed E-state index contributed by atoms with van der Waals surface area (Å²) in [5.41, 5.74) is 0.496. The first-order valence-corrected chi connectivity index (χ1v) is 11.1. The number of carbonyl (C=O) groups excluding carboxylic acids is 3. The van der Waals surface area contributed by atoms with Crippen LogP contribution in [0.25, 0.3) is 0 Å². The molecule has 10 nitrogen and oxygen atoms in total. The number of rotatable bonds is 12. The van der Waals surface area contributed by atoms with Gasteiger partial charge in [0, 0.05) is 32.7 Å². The van der Waals surface area contributed by atoms with E-state index in [1.807, 2.05) is 0 Å². The lowest BCUT2D eigenvalue weighted by atomic mass is 10.0. The number of hydrogen-bond donors (Lipinski definition) is 3. The van der Waals surface area contributed by atoms with E-state index >= 15 is 0 Å². The standard InChI is InChI=1S/C25H28N4O6/c1-34-16-14-27-25(33)24(18-7-9-19(30)10-8-18)29(17-20-5-4-15-35-20)23(32)12-11-22(31)28-21-6-2-3-13-26-21/h2-10,13,15,24,30H,11-12,14,16-17H2,1H3,(H,27,33)(H,26,28,31)/t24-/m0/s1. The highest BCUT2D eigenvalue weighted by atomic mass is 16.5. The Bertz CT molecular complexity index is 1090. The van der Waals surface area contributed by atoms with Gasteiger partial charge in [-0.25, -0.2) is 4.98 Å². The summed E-state index contributed by atoms with van der Waals surface area (Å²) in [6, 6.07) is 13.5. The molecule has 3 aromatic rings. The molecule has 0 aliphatic carbocycles. The molecule has 0 saturated carbocycles. The molecular formula is C25H28N4O6. The third-order valence-corrected chi connectivity index (χ3v) is 5.10. The molecule has 184 valence electrons. The summed E-state index contributed by atoms with van der Waals surface area (Å²) in [4.78, 5) is 44.4. The number of amides is 3. The number of aromatic hydroxyl groups is 1. The van der Waals surface area contributed by atoms with Crippen molar-refractivity contribution < 1.29 is 28.6 Å². The molecule has 0 bridgehead atoms. The monoisotopic (exact) mass is 480 g/mol. The third kappa shape index (κ3) is 7.68. The fourth-order valence-electron chi connectivity index (χ4n) is 3.40. The predicted molar refractivity (Wildman–Crippen MR) is 127 cm³/mol. The van der Waals surface area contributed by atoms with Crippen LogP contribution in [-0.4, -0.2) is 53.0 Å². The molecule has 0 fully saturated rings. The maximum atomic E-state index is 13.4. The molecule has 1 atom stereocenters. The lowest BCUT2D eigenvalue weighted by Gasteiger charge is -2.31. The van der Waals surface area contributed by atoms with Crippen molar-refractivity contribution in [1.29, 1.82) is 0 Å². The molecule has 3 rings (SSSR count). The number of phenolic OH excluding ortho intramolecular Hbond substituents is 1. The summed E-state index contributed by atoms with van der Waals surface area (Å²) in [5.74, 6) is -0.326. The van der Waals surface area contributed by atoms with Gasteiger partial charge in [0.05, 0.1) is 19.4 Å². The molecule has 0 spiro atoms. The Hall–Kier alpha value is -4.18. The average molecular weight is 481 g/mol. The minimum Gasteiger partial charge on any atom is -0.508 e. The number of nitrogens with one attached hydrogen (secondary N) is 2. The fraction of sp³-hybridized carbons (Fsp3) is 0.280. The molecule has 10 heteroatoms. The molecule has 3 N–H and O–H groups in total. The van der Waals surface area contributed by atoms with Crippen molar-refractivity contribution in [3.05, 3.63) is 78.4 Å². The Labute approximate surface area is 202 Å². The summed E-state index contributed by atoms with van der Waals surface area (Å²) in [5, 5.41) is 15.1. The van der Waals surface area contributed by atoms with Crippen molar-refractivity contribution in [2.75, 3.05) is 25.6 Å². The van der Waals surface area contributed by atoms with Gasteiger partial charge in [-0.05, 0) is 42.0 Å². The van der Waals surface area contributed by atoms with E-state index in [0.29, 0.717) is 23.7 Å². The van der Waals surface area contributed by atoms with Crippen LogP contribution in [0.1, 0.15) is 30.2 Å². The fourth-order valence-corrected chi connectivity index (χ4v) is 3.40. The summed E-state index contributed by atoms with van der Waals surface area (Å²) < 4.78 is 10.4. The zero-order valence-electron chi connectivity index (χ0n) is 19.3. The first-order chi connectivity index (χ1) is 17.0. The van der Waals surface area contributed by atoms with Gasteiger partial charge in [-0.1, -0.05) is 18.2 Å². The van der Waals surface area contributed by atoms with Crippen molar-refractivity contribution in [1.82, 2.24) is 15.2 Å². The SMILES string of the molecule is COCCNC(=O)[C@H](c1ccc(O)cc1)N(Cc1ccco1)C(=O)CCC(=O)Nc1ccccn1. The third-order valence-electron chi connectivity index (χ3n) is 5.10. The maximum Gasteiger partial charge on any atom is 0.247 e. The smallest absolute Gasteiger partial charge is 0.247 e. The highest BCUT2D eigenvalue weighted by Crippen LogP contribution is 2.26. The number of anilines is 1. The quantitative estimate of drug-likeness (QED) is 0.339. The molecule has 0 radical (unpaired) electrons. The number of methoxy groups -OCH3 is 1. The first-order valence-electron chi connectivity index (χ1n) is 11.1. The van der Waals surface area contributed by atoms with Crippen LogP contribution in [0, 0.1) is 0 Å². The maximum absolute atomic E-state index is 13.4. The van der Waals surface area contributed by atoms with Crippen LogP contribution < -0.4 is 10.6 Å². The minimum atomic E-state index is -1.02. The average Bonchev–Trinajstić information content (AvgIpc) is 3.37. The largest absolute Gasteiger partial charge is 0.508 e. The summed E-state index contributed by atoms with van der Waals surface area (Å²) in [6.07, 6.45) is 2.79. The summed E-state index contributed by atoms with van der Waals surface area (Å²) in [6.45, 7) is 0.559. The Kier molecular flexibility index (Phi) is 9.38. The Morgan fingerprint density at radius 3 is 2.54 bits per heavy atom. The molecule has 2 heterocycles. The topological polar surface area (TPSA) is 134 Å². The van der Waals surface area contributed by atoms with E-state index in [-0.39, 0.29) is 37.6 Å². The van der Waals surface area contributed by atoms with Gasteiger partial charge in [0.1, 0.15) is 23.4 Å². The van der Waals surface area contributed by atoms with Crippen molar-refractivity contribution in [3.63, 3.8) is 0 Å². The molecule has 0 aliphatic heterocycles. The van der Waals surface area contributed by atoms with Crippen LogP contribution in [0.5, 0.6) is 5.75 Å². The van der Waals surface area contributed by atoms with Crippen LogP contribution in [0.3, 0.4) is 0 Å². The zero-order chi connectivity index (χ0) is 25.0. The van der Waals surface area contributed by atoms with E-state index in [0.717, 1.165) is 0 Å². The second-order valence-electron chi connectivity index (χ2n) is 7.64. The van der Waals surface area contributed by atoms with Crippen LogP contribution in [0.15, 0.2) is 71.5 Å². The van der Waals surface area contributed by atoms with E-state index in [9.17, 15) is 19.5 Å². The highest BCUT2D eigenvalue weighted by Gasteiger charge is 2.32. The van der Waals surface area contributed by atoms with Crippen molar-refractivity contribution in [3.8, 4) is 5.75 Å². The van der Waals surface area contributed by atoms with Gasteiger partial charge < -0.3 is 29.8 Å². The van der Waals surface area contributed by atoms with Gasteiger partial charge in [-0.3, -0.25) is 14.4 Å². The highest BCUT2D eigenvalue weighted by molar-refractivity contribution is 5.94. The van der Waals surface area contributed by atoms with Gasteiger partial charge in [0.15, 0.2) is 0 Å². The predicted octanol–water partition coefficient (Wildman–Crippen LogP) is 2.63. The number of aromatic nitrogens is 1. The number of pyridine rings is 1.